The minimum absolute atomic E-state index is 0.928. The number of thiazole rings is 1. The van der Waals surface area contributed by atoms with Crippen LogP contribution in [0.5, 0.6) is 0 Å². The molecule has 1 aliphatic rings. The van der Waals surface area contributed by atoms with E-state index in [4.69, 9.17) is 4.98 Å². The topological polar surface area (TPSA) is 28.2 Å². The molecule has 2 aromatic carbocycles. The van der Waals surface area contributed by atoms with Gasteiger partial charge < -0.3 is 10.2 Å². The maximum Gasteiger partial charge on any atom is 0.187 e. The largest absolute Gasteiger partial charge is 0.372 e. The molecule has 25 heavy (non-hydrogen) atoms. The third kappa shape index (κ3) is 3.83. The van der Waals surface area contributed by atoms with E-state index in [1.54, 1.807) is 23.1 Å². The summed E-state index contributed by atoms with van der Waals surface area (Å²) in [5.41, 5.74) is 4.60. The van der Waals surface area contributed by atoms with E-state index < -0.39 is 0 Å². The van der Waals surface area contributed by atoms with E-state index >= 15 is 0 Å². The standard InChI is InChI=1S/C20H21N3S2/c1-24-18-6-4-5-16(13-18)21-20-22-19(14-25-20)15-7-9-17(10-8-15)23-11-2-3-12-23/h4-10,13-14H,2-3,11-12H2,1H3,(H,21,22). The average molecular weight is 368 g/mol. The fourth-order valence-corrected chi connectivity index (χ4v) is 4.31. The van der Waals surface area contributed by atoms with Crippen molar-refractivity contribution in [2.45, 2.75) is 17.7 Å². The summed E-state index contributed by atoms with van der Waals surface area (Å²) in [7, 11) is 0. The van der Waals surface area contributed by atoms with Crippen LogP contribution in [-0.2, 0) is 0 Å². The van der Waals surface area contributed by atoms with Crippen molar-refractivity contribution in [2.24, 2.45) is 0 Å². The van der Waals surface area contributed by atoms with Gasteiger partial charge in [-0.1, -0.05) is 18.2 Å². The minimum Gasteiger partial charge on any atom is -0.372 e. The Morgan fingerprint density at radius 1 is 1.08 bits per heavy atom. The van der Waals surface area contributed by atoms with E-state index in [0.29, 0.717) is 0 Å². The highest BCUT2D eigenvalue weighted by Crippen LogP contribution is 2.30. The van der Waals surface area contributed by atoms with Gasteiger partial charge in [0.2, 0.25) is 0 Å². The van der Waals surface area contributed by atoms with Gasteiger partial charge in [-0.3, -0.25) is 0 Å². The molecule has 3 nitrogen and oxygen atoms in total. The van der Waals surface area contributed by atoms with Gasteiger partial charge in [-0.25, -0.2) is 4.98 Å². The minimum atomic E-state index is 0.928. The van der Waals surface area contributed by atoms with Crippen LogP contribution in [-0.4, -0.2) is 24.3 Å². The Morgan fingerprint density at radius 2 is 1.88 bits per heavy atom. The van der Waals surface area contributed by atoms with Crippen molar-refractivity contribution in [2.75, 3.05) is 29.6 Å². The van der Waals surface area contributed by atoms with Crippen LogP contribution in [0.1, 0.15) is 12.8 Å². The maximum atomic E-state index is 4.75. The molecule has 3 aromatic rings. The van der Waals surface area contributed by atoms with Gasteiger partial charge in [-0.15, -0.1) is 23.1 Å². The second kappa shape index (κ2) is 7.50. The number of hydrogen-bond acceptors (Lipinski definition) is 5. The van der Waals surface area contributed by atoms with Gasteiger partial charge in [-0.05, 0) is 49.4 Å². The molecule has 0 saturated carbocycles. The molecule has 1 saturated heterocycles. The average Bonchev–Trinajstić information content (AvgIpc) is 3.34. The number of nitrogens with one attached hydrogen (secondary N) is 1. The van der Waals surface area contributed by atoms with Gasteiger partial charge in [0, 0.05) is 40.3 Å². The molecule has 0 spiro atoms. The second-order valence-corrected chi connectivity index (χ2v) is 7.87. The lowest BCUT2D eigenvalue weighted by molar-refractivity contribution is 0.949. The van der Waals surface area contributed by atoms with Crippen LogP contribution in [0, 0.1) is 0 Å². The smallest absolute Gasteiger partial charge is 0.187 e. The van der Waals surface area contributed by atoms with Crippen LogP contribution < -0.4 is 10.2 Å². The number of anilines is 3. The van der Waals surface area contributed by atoms with Crippen molar-refractivity contribution in [1.29, 1.82) is 0 Å². The second-order valence-electron chi connectivity index (χ2n) is 6.14. The zero-order chi connectivity index (χ0) is 17.1. The molecule has 2 heterocycles. The van der Waals surface area contributed by atoms with Crippen LogP contribution >= 0.6 is 23.1 Å². The lowest BCUT2D eigenvalue weighted by Gasteiger charge is -2.17. The van der Waals surface area contributed by atoms with E-state index in [2.05, 4.69) is 70.4 Å². The van der Waals surface area contributed by atoms with Crippen molar-refractivity contribution in [3.63, 3.8) is 0 Å². The van der Waals surface area contributed by atoms with Crippen LogP contribution in [0.2, 0.25) is 0 Å². The molecule has 1 aromatic heterocycles. The summed E-state index contributed by atoms with van der Waals surface area (Å²) in [6, 6.07) is 17.2. The van der Waals surface area contributed by atoms with Crippen molar-refractivity contribution in [1.82, 2.24) is 4.98 Å². The van der Waals surface area contributed by atoms with E-state index in [1.807, 2.05) is 0 Å². The highest BCUT2D eigenvalue weighted by atomic mass is 32.2. The lowest BCUT2D eigenvalue weighted by Crippen LogP contribution is -2.17. The first kappa shape index (κ1) is 16.5. The van der Waals surface area contributed by atoms with Gasteiger partial charge in [0.1, 0.15) is 0 Å². The molecule has 0 aliphatic carbocycles. The van der Waals surface area contributed by atoms with Crippen molar-refractivity contribution >= 4 is 39.6 Å². The summed E-state index contributed by atoms with van der Waals surface area (Å²) in [6.07, 6.45) is 4.70. The summed E-state index contributed by atoms with van der Waals surface area (Å²) < 4.78 is 0. The predicted molar refractivity (Wildman–Crippen MR) is 111 cm³/mol. The summed E-state index contributed by atoms with van der Waals surface area (Å²) >= 11 is 3.39. The Bertz CT molecular complexity index is 836. The number of nitrogens with zero attached hydrogens (tertiary/aromatic N) is 2. The van der Waals surface area contributed by atoms with Gasteiger partial charge in [0.15, 0.2) is 5.13 Å². The maximum absolute atomic E-state index is 4.75. The molecule has 1 aliphatic heterocycles. The zero-order valence-electron chi connectivity index (χ0n) is 14.2. The van der Waals surface area contributed by atoms with Crippen molar-refractivity contribution < 1.29 is 0 Å². The summed E-state index contributed by atoms with van der Waals surface area (Å²) in [4.78, 5) is 8.45. The molecule has 4 rings (SSSR count). The van der Waals surface area contributed by atoms with Crippen LogP contribution in [0.4, 0.5) is 16.5 Å². The predicted octanol–water partition coefficient (Wildman–Crippen LogP) is 5.88. The normalized spacial score (nSPS) is 14.0. The fraction of sp³-hybridized carbons (Fsp3) is 0.250. The number of aromatic nitrogens is 1. The van der Waals surface area contributed by atoms with Crippen molar-refractivity contribution in [3.8, 4) is 11.3 Å². The molecular weight excluding hydrogens is 346 g/mol. The Morgan fingerprint density at radius 3 is 2.64 bits per heavy atom. The summed E-state index contributed by atoms with van der Waals surface area (Å²) in [5, 5.41) is 6.46. The third-order valence-electron chi connectivity index (χ3n) is 4.46. The molecule has 0 atom stereocenters. The first-order valence-electron chi connectivity index (χ1n) is 8.54. The number of thioether (sulfide) groups is 1. The Kier molecular flexibility index (Phi) is 4.95. The molecular formula is C20H21N3S2. The highest BCUT2D eigenvalue weighted by molar-refractivity contribution is 7.98. The highest BCUT2D eigenvalue weighted by Gasteiger charge is 2.12. The van der Waals surface area contributed by atoms with Gasteiger partial charge in [0.05, 0.1) is 5.69 Å². The summed E-state index contributed by atoms with van der Waals surface area (Å²) in [5.74, 6) is 0. The van der Waals surface area contributed by atoms with E-state index in [1.165, 1.54) is 42.1 Å². The van der Waals surface area contributed by atoms with Gasteiger partial charge >= 0.3 is 0 Å². The van der Waals surface area contributed by atoms with Gasteiger partial charge in [0.25, 0.3) is 0 Å². The van der Waals surface area contributed by atoms with Crippen LogP contribution in [0.3, 0.4) is 0 Å². The number of benzene rings is 2. The Balaban J connectivity index is 1.48. The lowest BCUT2D eigenvalue weighted by atomic mass is 10.1. The van der Waals surface area contributed by atoms with E-state index in [-0.39, 0.29) is 0 Å². The molecule has 1 N–H and O–H groups in total. The molecule has 128 valence electrons. The number of hydrogen-bond donors (Lipinski definition) is 1. The molecule has 0 bridgehead atoms. The van der Waals surface area contributed by atoms with E-state index in [9.17, 15) is 0 Å². The monoisotopic (exact) mass is 367 g/mol. The SMILES string of the molecule is CSc1cccc(Nc2nc(-c3ccc(N4CCCC4)cc3)cs2)c1. The van der Waals surface area contributed by atoms with Crippen molar-refractivity contribution in [3.05, 3.63) is 53.9 Å². The number of rotatable bonds is 5. The first-order valence-corrected chi connectivity index (χ1v) is 10.6. The first-order chi connectivity index (χ1) is 12.3. The molecule has 5 heteroatoms. The molecule has 0 unspecified atom stereocenters. The van der Waals surface area contributed by atoms with Crippen LogP contribution in [0.25, 0.3) is 11.3 Å². The quantitative estimate of drug-likeness (QED) is 0.570. The van der Waals surface area contributed by atoms with Gasteiger partial charge in [-0.2, -0.15) is 0 Å². The molecule has 1 fully saturated rings. The summed E-state index contributed by atoms with van der Waals surface area (Å²) in [6.45, 7) is 2.36. The Labute approximate surface area is 157 Å². The zero-order valence-corrected chi connectivity index (χ0v) is 15.9. The third-order valence-corrected chi connectivity index (χ3v) is 5.94. The Hall–Kier alpha value is -1.98. The fourth-order valence-electron chi connectivity index (χ4n) is 3.11. The molecule has 0 amide bonds. The van der Waals surface area contributed by atoms with Crippen LogP contribution in [0.15, 0.2) is 58.8 Å². The van der Waals surface area contributed by atoms with E-state index in [0.717, 1.165) is 16.5 Å². The molecule has 0 radical (unpaired) electrons.